The van der Waals surface area contributed by atoms with Gasteiger partial charge in [0.05, 0.1) is 16.8 Å². The van der Waals surface area contributed by atoms with Gasteiger partial charge in [-0.15, -0.1) is 11.3 Å². The summed E-state index contributed by atoms with van der Waals surface area (Å²) < 4.78 is 42.3. The average Bonchev–Trinajstić information content (AvgIpc) is 3.23. The zero-order valence-corrected chi connectivity index (χ0v) is 18.6. The third-order valence-corrected chi connectivity index (χ3v) is 7.91. The number of halogens is 2. The van der Waals surface area contributed by atoms with Gasteiger partial charge in [-0.1, -0.05) is 17.7 Å². The Morgan fingerprint density at radius 3 is 2.84 bits per heavy atom. The molecule has 1 amide bonds. The van der Waals surface area contributed by atoms with E-state index in [2.05, 4.69) is 15.0 Å². The first-order valence-corrected chi connectivity index (χ1v) is 12.0. The summed E-state index contributed by atoms with van der Waals surface area (Å²) in [6, 6.07) is 9.69. The Labute approximate surface area is 188 Å². The monoisotopic (exact) mass is 480 g/mol. The van der Waals surface area contributed by atoms with Crippen LogP contribution in [0.3, 0.4) is 0 Å². The molecule has 1 aliphatic rings. The van der Waals surface area contributed by atoms with Crippen LogP contribution in [0.4, 0.5) is 10.1 Å². The lowest BCUT2D eigenvalue weighted by atomic mass is 10.0. The van der Waals surface area contributed by atoms with Gasteiger partial charge in [0.2, 0.25) is 5.91 Å². The van der Waals surface area contributed by atoms with Crippen LogP contribution in [0, 0.1) is 5.82 Å². The molecule has 0 spiro atoms. The predicted octanol–water partition coefficient (Wildman–Crippen LogP) is 3.82. The number of aromatic nitrogens is 1. The number of benzene rings is 1. The fraction of sp³-hybridized carbons (Fsp3) is 0.200. The lowest BCUT2D eigenvalue weighted by Gasteiger charge is -2.35. The van der Waals surface area contributed by atoms with Gasteiger partial charge >= 0.3 is 0 Å². The maximum Gasteiger partial charge on any atom is 0.280 e. The molecule has 1 aromatic carbocycles. The fourth-order valence-corrected chi connectivity index (χ4v) is 5.79. The van der Waals surface area contributed by atoms with E-state index in [4.69, 9.17) is 11.6 Å². The maximum atomic E-state index is 13.4. The van der Waals surface area contributed by atoms with E-state index >= 15 is 0 Å². The largest absolute Gasteiger partial charge is 0.325 e. The molecule has 2 aromatic heterocycles. The summed E-state index contributed by atoms with van der Waals surface area (Å²) in [4.78, 5) is 18.0. The highest BCUT2D eigenvalue weighted by Crippen LogP contribution is 2.34. The zero-order valence-electron chi connectivity index (χ0n) is 16.2. The molecule has 1 aliphatic heterocycles. The van der Waals surface area contributed by atoms with E-state index in [1.165, 1.54) is 30.5 Å². The van der Waals surface area contributed by atoms with Crippen LogP contribution in [-0.4, -0.2) is 36.7 Å². The number of amides is 1. The predicted molar refractivity (Wildman–Crippen MR) is 119 cm³/mol. The zero-order chi connectivity index (χ0) is 22.2. The van der Waals surface area contributed by atoms with E-state index in [0.29, 0.717) is 0 Å². The second-order valence-corrected chi connectivity index (χ2v) is 10.1. The molecule has 162 valence electrons. The minimum absolute atomic E-state index is 0.136. The van der Waals surface area contributed by atoms with Crippen LogP contribution < -0.4 is 10.0 Å². The average molecular weight is 481 g/mol. The summed E-state index contributed by atoms with van der Waals surface area (Å²) in [6.07, 6.45) is 1.91. The van der Waals surface area contributed by atoms with E-state index in [1.54, 1.807) is 6.20 Å². The van der Waals surface area contributed by atoms with Gasteiger partial charge < -0.3 is 5.32 Å². The van der Waals surface area contributed by atoms with Gasteiger partial charge in [0.25, 0.3) is 10.2 Å². The number of nitrogens with zero attached hydrogens (tertiary/aromatic N) is 2. The number of nitrogens with one attached hydrogen (secondary N) is 2. The highest BCUT2D eigenvalue weighted by molar-refractivity contribution is 7.87. The van der Waals surface area contributed by atoms with E-state index < -0.39 is 34.0 Å². The molecule has 2 unspecified atom stereocenters. The van der Waals surface area contributed by atoms with Crippen LogP contribution in [0.15, 0.2) is 54.0 Å². The van der Waals surface area contributed by atoms with Crippen molar-refractivity contribution in [2.75, 3.05) is 12.4 Å². The molecule has 2 atom stereocenters. The molecule has 0 aliphatic carbocycles. The minimum atomic E-state index is -3.89. The van der Waals surface area contributed by atoms with Crippen molar-refractivity contribution >= 4 is 44.7 Å². The minimum Gasteiger partial charge on any atom is -0.325 e. The molecule has 11 heteroatoms. The molecular weight excluding hydrogens is 463 g/mol. The van der Waals surface area contributed by atoms with Crippen molar-refractivity contribution < 1.29 is 17.6 Å². The Morgan fingerprint density at radius 2 is 2.13 bits per heavy atom. The Kier molecular flexibility index (Phi) is 6.09. The molecule has 31 heavy (non-hydrogen) atoms. The Bertz CT molecular complexity index is 1220. The summed E-state index contributed by atoms with van der Waals surface area (Å²) in [6.45, 7) is 0. The normalized spacial score (nSPS) is 21.0. The highest BCUT2D eigenvalue weighted by atomic mass is 35.5. The van der Waals surface area contributed by atoms with Crippen molar-refractivity contribution in [3.63, 3.8) is 0 Å². The Hall–Kier alpha value is -2.37. The summed E-state index contributed by atoms with van der Waals surface area (Å²) in [5, 5.41) is 4.39. The van der Waals surface area contributed by atoms with Crippen molar-refractivity contribution in [3.05, 3.63) is 69.8 Å². The van der Waals surface area contributed by atoms with Crippen molar-refractivity contribution in [1.82, 2.24) is 14.0 Å². The van der Waals surface area contributed by atoms with Crippen LogP contribution in [0.1, 0.15) is 17.3 Å². The van der Waals surface area contributed by atoms with Crippen LogP contribution in [0.25, 0.3) is 11.3 Å². The number of rotatable bonds is 4. The van der Waals surface area contributed by atoms with Gasteiger partial charge in [-0.2, -0.15) is 17.4 Å². The summed E-state index contributed by atoms with van der Waals surface area (Å²) in [7, 11) is -2.55. The lowest BCUT2D eigenvalue weighted by Crippen LogP contribution is -2.55. The number of likely N-dealkylation sites (N-methyl/N-ethyl adjacent to an activating group) is 1. The molecular formula is C20H18ClFN4O3S2. The fourth-order valence-electron chi connectivity index (χ4n) is 3.30. The van der Waals surface area contributed by atoms with Crippen LogP contribution in [0.2, 0.25) is 5.02 Å². The van der Waals surface area contributed by atoms with E-state index in [1.807, 2.05) is 29.6 Å². The topological polar surface area (TPSA) is 91.4 Å². The second kappa shape index (κ2) is 8.64. The standard InChI is InChI=1S/C20H18ClFN4O3S2/c1-26-18(20(27)24-13-5-6-15(22)14(21)9-13)10-17(25-31(26,28)29)19-8-12(11-30-19)16-4-2-3-7-23-16/h2-9,11,17-18,25H,10H2,1H3,(H,24,27). The van der Waals surface area contributed by atoms with Gasteiger partial charge in [0.1, 0.15) is 11.9 Å². The van der Waals surface area contributed by atoms with Crippen molar-refractivity contribution in [2.24, 2.45) is 0 Å². The molecule has 3 aromatic rings. The van der Waals surface area contributed by atoms with Crippen LogP contribution >= 0.6 is 22.9 Å². The summed E-state index contributed by atoms with van der Waals surface area (Å²) in [5.74, 6) is -1.13. The number of anilines is 1. The Morgan fingerprint density at radius 1 is 1.32 bits per heavy atom. The van der Waals surface area contributed by atoms with Crippen molar-refractivity contribution in [3.8, 4) is 11.3 Å². The van der Waals surface area contributed by atoms with Gasteiger partial charge in [-0.3, -0.25) is 9.78 Å². The molecule has 0 radical (unpaired) electrons. The van der Waals surface area contributed by atoms with Gasteiger partial charge in [0.15, 0.2) is 0 Å². The Balaban J connectivity index is 1.57. The van der Waals surface area contributed by atoms with Gasteiger partial charge in [-0.25, -0.2) is 4.39 Å². The molecule has 0 saturated carbocycles. The van der Waals surface area contributed by atoms with E-state index in [-0.39, 0.29) is 17.1 Å². The first-order chi connectivity index (χ1) is 14.7. The van der Waals surface area contributed by atoms with Crippen LogP contribution in [-0.2, 0) is 15.0 Å². The quantitative estimate of drug-likeness (QED) is 0.593. The third kappa shape index (κ3) is 4.63. The lowest BCUT2D eigenvalue weighted by molar-refractivity contribution is -0.120. The molecule has 7 nitrogen and oxygen atoms in total. The first kappa shape index (κ1) is 21.8. The first-order valence-electron chi connectivity index (χ1n) is 9.25. The number of hydrogen-bond donors (Lipinski definition) is 2. The maximum absolute atomic E-state index is 13.4. The molecule has 0 bridgehead atoms. The smallest absolute Gasteiger partial charge is 0.280 e. The number of thiophene rings is 1. The van der Waals surface area contributed by atoms with Crippen molar-refractivity contribution in [1.29, 1.82) is 0 Å². The molecule has 1 fully saturated rings. The number of carbonyl (C=O) groups excluding carboxylic acids is 1. The summed E-state index contributed by atoms with van der Waals surface area (Å²) >= 11 is 7.16. The van der Waals surface area contributed by atoms with E-state index in [9.17, 15) is 17.6 Å². The number of carbonyl (C=O) groups is 1. The highest BCUT2D eigenvalue weighted by Gasteiger charge is 2.41. The summed E-state index contributed by atoms with van der Waals surface area (Å²) in [5.41, 5.74) is 1.94. The number of pyridine rings is 1. The molecule has 3 heterocycles. The van der Waals surface area contributed by atoms with Crippen molar-refractivity contribution in [2.45, 2.75) is 18.5 Å². The number of hydrogen-bond acceptors (Lipinski definition) is 5. The van der Waals surface area contributed by atoms with Gasteiger partial charge in [-0.05, 0) is 42.8 Å². The van der Waals surface area contributed by atoms with Gasteiger partial charge in [0, 0.05) is 34.8 Å². The van der Waals surface area contributed by atoms with Crippen LogP contribution in [0.5, 0.6) is 0 Å². The SMILES string of the molecule is CN1C(C(=O)Nc2ccc(F)c(Cl)c2)CC(c2cc(-c3ccccn3)cs2)NS1(=O)=O. The molecule has 2 N–H and O–H groups in total. The van der Waals surface area contributed by atoms with E-state index in [0.717, 1.165) is 26.5 Å². The third-order valence-electron chi connectivity index (χ3n) is 4.98. The molecule has 1 saturated heterocycles. The molecule has 4 rings (SSSR count). The second-order valence-electron chi connectivity index (χ2n) is 7.01.